The molecule has 4 aliphatic rings. The Hall–Kier alpha value is -1.76. The zero-order valence-corrected chi connectivity index (χ0v) is 19.2. The molecule has 1 saturated carbocycles. The van der Waals surface area contributed by atoms with E-state index in [0.717, 1.165) is 25.7 Å². The number of aliphatic carboxylic acids is 1. The van der Waals surface area contributed by atoms with Crippen molar-refractivity contribution in [3.8, 4) is 0 Å². The van der Waals surface area contributed by atoms with Crippen LogP contribution in [0.15, 0.2) is 35.7 Å². The maximum absolute atomic E-state index is 12.6. The minimum absolute atomic E-state index is 0.208. The maximum atomic E-state index is 12.6. The molecule has 0 saturated heterocycles. The highest BCUT2D eigenvalue weighted by Gasteiger charge is 2.40. The van der Waals surface area contributed by atoms with Crippen molar-refractivity contribution in [2.75, 3.05) is 0 Å². The second-order valence-electron chi connectivity index (χ2n) is 10.2. The van der Waals surface area contributed by atoms with Crippen LogP contribution >= 0.6 is 0 Å². The van der Waals surface area contributed by atoms with Crippen molar-refractivity contribution < 1.29 is 27.8 Å². The highest BCUT2D eigenvalue weighted by molar-refractivity contribution is 5.66. The molecule has 4 nitrogen and oxygen atoms in total. The Morgan fingerprint density at radius 2 is 1.94 bits per heavy atom. The molecule has 0 radical (unpaired) electrons. The number of carboxylic acid groups (broad SMARTS) is 1. The van der Waals surface area contributed by atoms with Gasteiger partial charge in [0.2, 0.25) is 0 Å². The van der Waals surface area contributed by atoms with Gasteiger partial charge in [-0.25, -0.2) is 0 Å². The lowest BCUT2D eigenvalue weighted by molar-refractivity contribution is -0.345. The van der Waals surface area contributed by atoms with Gasteiger partial charge in [-0.15, -0.1) is 13.2 Å². The summed E-state index contributed by atoms with van der Waals surface area (Å²) in [6.45, 7) is 0. The molecule has 3 unspecified atom stereocenters. The van der Waals surface area contributed by atoms with Crippen LogP contribution in [-0.2, 0) is 9.53 Å². The van der Waals surface area contributed by atoms with Crippen LogP contribution in [0.3, 0.4) is 0 Å². The molecule has 1 fully saturated rings. The Labute approximate surface area is 194 Å². The van der Waals surface area contributed by atoms with Gasteiger partial charge < -0.3 is 10.0 Å². The minimum Gasteiger partial charge on any atom is -0.481 e. The van der Waals surface area contributed by atoms with Gasteiger partial charge in [-0.05, 0) is 94.5 Å². The third kappa shape index (κ3) is 6.65. The van der Waals surface area contributed by atoms with Crippen molar-refractivity contribution in [3.63, 3.8) is 0 Å². The fraction of sp³-hybridized carbons (Fsp3) is 0.731. The molecule has 0 bridgehead atoms. The van der Waals surface area contributed by atoms with E-state index in [4.69, 9.17) is 5.11 Å². The predicted octanol–water partition coefficient (Wildman–Crippen LogP) is 6.94. The van der Waals surface area contributed by atoms with Crippen molar-refractivity contribution in [3.05, 3.63) is 35.7 Å². The van der Waals surface area contributed by atoms with Gasteiger partial charge in [0.1, 0.15) is 0 Å². The summed E-state index contributed by atoms with van der Waals surface area (Å²) in [5, 5.41) is 9.09. The summed E-state index contributed by atoms with van der Waals surface area (Å²) < 4.78 is 42.1. The molecule has 0 aromatic carbocycles. The van der Waals surface area contributed by atoms with E-state index in [1.54, 1.807) is 0 Å². The monoisotopic (exact) mass is 467 g/mol. The van der Waals surface area contributed by atoms with Crippen LogP contribution in [0.2, 0.25) is 0 Å². The third-order valence-electron chi connectivity index (χ3n) is 7.90. The van der Waals surface area contributed by atoms with Gasteiger partial charge in [0.15, 0.2) is 0 Å². The molecule has 184 valence electrons. The van der Waals surface area contributed by atoms with Crippen molar-refractivity contribution in [1.82, 2.24) is 4.90 Å². The summed E-state index contributed by atoms with van der Waals surface area (Å²) in [7, 11) is 0. The number of nitrogens with zero attached hydrogens (tertiary/aromatic N) is 1. The number of hydrogen-bond acceptors (Lipinski definition) is 3. The zero-order chi connectivity index (χ0) is 23.4. The maximum Gasteiger partial charge on any atom is 0.522 e. The Kier molecular flexibility index (Phi) is 7.87. The summed E-state index contributed by atoms with van der Waals surface area (Å²) in [6, 6.07) is 0.217. The van der Waals surface area contributed by atoms with Gasteiger partial charge in [0, 0.05) is 30.3 Å². The number of allylic oxidation sites excluding steroid dienone is 4. The standard InChI is InChI=1S/C26H36F3NO3/c27-26(28,29)33-22-12-10-21(11-13-22)30-17-20(9-6-18-4-2-1-3-5-18)23-16-19(7-14-24(23)30)8-15-25(31)32/h2,4,14,17-19,21-23H,1,3,5-13,15-16H2,(H,31,32). The number of carbonyl (C=O) groups is 1. The first-order chi connectivity index (χ1) is 15.8. The van der Waals surface area contributed by atoms with Crippen LogP contribution in [-0.4, -0.2) is 34.5 Å². The first-order valence-electron chi connectivity index (χ1n) is 12.6. The molecule has 3 aliphatic carbocycles. The van der Waals surface area contributed by atoms with E-state index in [0.29, 0.717) is 49.9 Å². The number of hydrogen-bond donors (Lipinski definition) is 1. The van der Waals surface area contributed by atoms with Crippen LogP contribution < -0.4 is 0 Å². The van der Waals surface area contributed by atoms with Crippen LogP contribution in [0.4, 0.5) is 13.2 Å². The van der Waals surface area contributed by atoms with Gasteiger partial charge >= 0.3 is 12.3 Å². The first-order valence-corrected chi connectivity index (χ1v) is 12.6. The van der Waals surface area contributed by atoms with Gasteiger partial charge in [0.05, 0.1) is 6.10 Å². The van der Waals surface area contributed by atoms with Crippen molar-refractivity contribution in [2.24, 2.45) is 17.8 Å². The predicted molar refractivity (Wildman–Crippen MR) is 120 cm³/mol. The van der Waals surface area contributed by atoms with Crippen molar-refractivity contribution >= 4 is 5.97 Å². The van der Waals surface area contributed by atoms with E-state index in [1.165, 1.54) is 30.5 Å². The second-order valence-corrected chi connectivity index (χ2v) is 10.2. The van der Waals surface area contributed by atoms with Gasteiger partial charge in [0.25, 0.3) is 0 Å². The molecule has 0 aromatic heterocycles. The van der Waals surface area contributed by atoms with Gasteiger partial charge in [-0.3, -0.25) is 9.53 Å². The number of rotatable bonds is 8. The fourth-order valence-electron chi connectivity index (χ4n) is 6.17. The summed E-state index contributed by atoms with van der Waals surface area (Å²) >= 11 is 0. The lowest BCUT2D eigenvalue weighted by Crippen LogP contribution is -2.37. The zero-order valence-electron chi connectivity index (χ0n) is 19.2. The number of halogens is 3. The molecule has 1 heterocycles. The van der Waals surface area contributed by atoms with E-state index in [9.17, 15) is 18.0 Å². The number of alkyl halides is 3. The van der Waals surface area contributed by atoms with Crippen molar-refractivity contribution in [1.29, 1.82) is 0 Å². The summed E-state index contributed by atoms with van der Waals surface area (Å²) in [6.07, 6.45) is 14.8. The van der Waals surface area contributed by atoms with Crippen LogP contribution in [0.5, 0.6) is 0 Å². The quantitative estimate of drug-likeness (QED) is 0.393. The minimum atomic E-state index is -4.56. The molecule has 4 rings (SSSR count). The normalized spacial score (nSPS) is 32.3. The van der Waals surface area contributed by atoms with E-state index < -0.39 is 18.4 Å². The highest BCUT2D eigenvalue weighted by atomic mass is 19.4. The van der Waals surface area contributed by atoms with Crippen molar-refractivity contribution in [2.45, 2.75) is 102 Å². The Bertz CT molecular complexity index is 780. The Morgan fingerprint density at radius 1 is 1.15 bits per heavy atom. The fourth-order valence-corrected chi connectivity index (χ4v) is 6.17. The van der Waals surface area contributed by atoms with E-state index in [2.05, 4.69) is 34.1 Å². The Morgan fingerprint density at radius 3 is 2.61 bits per heavy atom. The smallest absolute Gasteiger partial charge is 0.481 e. The molecule has 0 amide bonds. The highest BCUT2D eigenvalue weighted by Crippen LogP contribution is 2.47. The summed E-state index contributed by atoms with van der Waals surface area (Å²) in [4.78, 5) is 13.4. The molecule has 0 aromatic rings. The first kappa shape index (κ1) is 24.4. The average Bonchev–Trinajstić information content (AvgIpc) is 3.14. The van der Waals surface area contributed by atoms with E-state index in [1.807, 2.05) is 0 Å². The molecule has 33 heavy (non-hydrogen) atoms. The number of fused-ring (bicyclic) bond motifs is 1. The lowest BCUT2D eigenvalue weighted by atomic mass is 9.77. The van der Waals surface area contributed by atoms with Crippen LogP contribution in [0.1, 0.15) is 83.5 Å². The molecular weight excluding hydrogens is 431 g/mol. The number of ether oxygens (including phenoxy) is 1. The molecule has 1 N–H and O–H groups in total. The molecule has 0 spiro atoms. The van der Waals surface area contributed by atoms with E-state index >= 15 is 0 Å². The van der Waals surface area contributed by atoms with Gasteiger partial charge in [-0.2, -0.15) is 0 Å². The SMILES string of the molecule is O=C(O)CCC1CC=C2C(C1)C(CCC1C=CCCC1)=CN2C1CCC(OC(F)(F)F)CC1. The largest absolute Gasteiger partial charge is 0.522 e. The molecule has 3 atom stereocenters. The van der Waals surface area contributed by atoms with E-state index in [-0.39, 0.29) is 12.5 Å². The average molecular weight is 468 g/mol. The molecular formula is C26H36F3NO3. The summed E-state index contributed by atoms with van der Waals surface area (Å²) in [5.74, 6) is 0.593. The molecule has 7 heteroatoms. The summed E-state index contributed by atoms with van der Waals surface area (Å²) in [5.41, 5.74) is 2.73. The topological polar surface area (TPSA) is 49.8 Å². The van der Waals surface area contributed by atoms with Crippen LogP contribution in [0.25, 0.3) is 0 Å². The molecule has 1 aliphatic heterocycles. The lowest BCUT2D eigenvalue weighted by Gasteiger charge is -2.38. The van der Waals surface area contributed by atoms with Gasteiger partial charge in [-0.1, -0.05) is 18.2 Å². The second kappa shape index (κ2) is 10.7. The third-order valence-corrected chi connectivity index (χ3v) is 7.90. The Balaban J connectivity index is 1.43. The van der Waals surface area contributed by atoms with Crippen LogP contribution in [0, 0.1) is 17.8 Å². The number of carboxylic acids is 1.